The van der Waals surface area contributed by atoms with Crippen LogP contribution in [0.4, 0.5) is 0 Å². The minimum absolute atomic E-state index is 0.415. The molecule has 1 heterocycles. The van der Waals surface area contributed by atoms with Crippen molar-refractivity contribution in [3.05, 3.63) is 0 Å². The normalized spacial score (nSPS) is 22.9. The standard InChI is InChI=1S/C14H30N2/c1-6-8-13(11-15-12(2)3)16-10-7-9-14(16,4)5/h12-13,15H,6-11H2,1-5H3. The van der Waals surface area contributed by atoms with Crippen molar-refractivity contribution in [1.29, 1.82) is 0 Å². The summed E-state index contributed by atoms with van der Waals surface area (Å²) in [5, 5.41) is 3.60. The van der Waals surface area contributed by atoms with Crippen LogP contribution >= 0.6 is 0 Å². The molecule has 1 unspecified atom stereocenters. The summed E-state index contributed by atoms with van der Waals surface area (Å²) in [5.74, 6) is 0. The molecule has 2 nitrogen and oxygen atoms in total. The summed E-state index contributed by atoms with van der Waals surface area (Å²) in [7, 11) is 0. The minimum Gasteiger partial charge on any atom is -0.313 e. The molecular formula is C14H30N2. The van der Waals surface area contributed by atoms with Crippen molar-refractivity contribution < 1.29 is 0 Å². The summed E-state index contributed by atoms with van der Waals surface area (Å²) < 4.78 is 0. The third-order valence-corrected chi connectivity index (χ3v) is 3.79. The Morgan fingerprint density at radius 1 is 1.31 bits per heavy atom. The van der Waals surface area contributed by atoms with Crippen LogP contribution in [0, 0.1) is 0 Å². The molecule has 2 heteroatoms. The zero-order valence-corrected chi connectivity index (χ0v) is 11.8. The molecule has 0 aromatic rings. The summed E-state index contributed by atoms with van der Waals surface area (Å²) in [6.45, 7) is 14.0. The Labute approximate surface area is 102 Å². The van der Waals surface area contributed by atoms with Crippen molar-refractivity contribution in [2.24, 2.45) is 0 Å². The van der Waals surface area contributed by atoms with Crippen molar-refractivity contribution in [1.82, 2.24) is 10.2 Å². The van der Waals surface area contributed by atoms with Crippen LogP contribution in [0.5, 0.6) is 0 Å². The summed E-state index contributed by atoms with van der Waals surface area (Å²) in [5.41, 5.74) is 0.415. The molecule has 1 N–H and O–H groups in total. The van der Waals surface area contributed by atoms with Gasteiger partial charge < -0.3 is 5.32 Å². The third kappa shape index (κ3) is 3.74. The highest BCUT2D eigenvalue weighted by atomic mass is 15.2. The molecule has 1 atom stereocenters. The van der Waals surface area contributed by atoms with Gasteiger partial charge in [-0.1, -0.05) is 27.2 Å². The molecule has 1 saturated heterocycles. The van der Waals surface area contributed by atoms with Crippen molar-refractivity contribution in [2.75, 3.05) is 13.1 Å². The zero-order valence-electron chi connectivity index (χ0n) is 11.8. The van der Waals surface area contributed by atoms with Gasteiger partial charge >= 0.3 is 0 Å². The molecule has 0 aromatic carbocycles. The molecule has 0 bridgehead atoms. The van der Waals surface area contributed by atoms with Crippen molar-refractivity contribution in [2.45, 2.75) is 77.9 Å². The topological polar surface area (TPSA) is 15.3 Å². The first-order valence-electron chi connectivity index (χ1n) is 6.97. The molecule has 0 spiro atoms. The van der Waals surface area contributed by atoms with Gasteiger partial charge in [-0.05, 0) is 39.7 Å². The lowest BCUT2D eigenvalue weighted by molar-refractivity contribution is 0.106. The number of rotatable bonds is 6. The van der Waals surface area contributed by atoms with E-state index in [1.807, 2.05) is 0 Å². The Morgan fingerprint density at radius 2 is 2.00 bits per heavy atom. The van der Waals surface area contributed by atoms with Crippen LogP contribution in [0.3, 0.4) is 0 Å². The Bertz CT molecular complexity index is 199. The Balaban J connectivity index is 2.54. The first-order valence-corrected chi connectivity index (χ1v) is 6.97. The van der Waals surface area contributed by atoms with Gasteiger partial charge in [-0.25, -0.2) is 0 Å². The molecule has 0 amide bonds. The number of nitrogens with one attached hydrogen (secondary N) is 1. The van der Waals surface area contributed by atoms with Crippen LogP contribution < -0.4 is 5.32 Å². The Morgan fingerprint density at radius 3 is 2.44 bits per heavy atom. The van der Waals surface area contributed by atoms with Gasteiger partial charge in [-0.2, -0.15) is 0 Å². The van der Waals surface area contributed by atoms with Crippen LogP contribution in [0.1, 0.15) is 60.3 Å². The van der Waals surface area contributed by atoms with E-state index in [9.17, 15) is 0 Å². The van der Waals surface area contributed by atoms with Crippen LogP contribution in [0.25, 0.3) is 0 Å². The van der Waals surface area contributed by atoms with E-state index in [0.717, 1.165) is 12.6 Å². The van der Waals surface area contributed by atoms with E-state index >= 15 is 0 Å². The highest BCUT2D eigenvalue weighted by Crippen LogP contribution is 2.31. The maximum Gasteiger partial charge on any atom is 0.0225 e. The fraction of sp³-hybridized carbons (Fsp3) is 1.00. The molecule has 96 valence electrons. The molecule has 1 aliphatic heterocycles. The van der Waals surface area contributed by atoms with Gasteiger partial charge in [0.2, 0.25) is 0 Å². The summed E-state index contributed by atoms with van der Waals surface area (Å²) in [6, 6.07) is 1.33. The average molecular weight is 226 g/mol. The average Bonchev–Trinajstić information content (AvgIpc) is 2.52. The molecule has 0 radical (unpaired) electrons. The van der Waals surface area contributed by atoms with Crippen LogP contribution in [0.15, 0.2) is 0 Å². The number of nitrogens with zero attached hydrogens (tertiary/aromatic N) is 1. The smallest absolute Gasteiger partial charge is 0.0225 e. The monoisotopic (exact) mass is 226 g/mol. The largest absolute Gasteiger partial charge is 0.313 e. The molecule has 16 heavy (non-hydrogen) atoms. The lowest BCUT2D eigenvalue weighted by Crippen LogP contribution is -2.50. The Hall–Kier alpha value is -0.0800. The van der Waals surface area contributed by atoms with Crippen molar-refractivity contribution in [3.8, 4) is 0 Å². The minimum atomic E-state index is 0.415. The van der Waals surface area contributed by atoms with Gasteiger partial charge in [0, 0.05) is 24.2 Å². The second-order valence-electron chi connectivity index (χ2n) is 6.11. The first-order chi connectivity index (χ1) is 7.47. The number of likely N-dealkylation sites (tertiary alicyclic amines) is 1. The van der Waals surface area contributed by atoms with Gasteiger partial charge in [-0.15, -0.1) is 0 Å². The third-order valence-electron chi connectivity index (χ3n) is 3.79. The summed E-state index contributed by atoms with van der Waals surface area (Å²) in [4.78, 5) is 2.73. The quantitative estimate of drug-likeness (QED) is 0.749. The van der Waals surface area contributed by atoms with Gasteiger partial charge in [0.15, 0.2) is 0 Å². The van der Waals surface area contributed by atoms with Crippen molar-refractivity contribution >= 4 is 0 Å². The summed E-state index contributed by atoms with van der Waals surface area (Å²) >= 11 is 0. The highest BCUT2D eigenvalue weighted by molar-refractivity contribution is 4.92. The van der Waals surface area contributed by atoms with Crippen LogP contribution in [0.2, 0.25) is 0 Å². The summed E-state index contributed by atoms with van der Waals surface area (Å²) in [6.07, 6.45) is 5.34. The predicted molar refractivity (Wildman–Crippen MR) is 71.9 cm³/mol. The molecule has 1 rings (SSSR count). The van der Waals surface area contributed by atoms with E-state index in [4.69, 9.17) is 0 Å². The van der Waals surface area contributed by atoms with Crippen molar-refractivity contribution in [3.63, 3.8) is 0 Å². The van der Waals surface area contributed by atoms with Gasteiger partial charge in [0.1, 0.15) is 0 Å². The Kier molecular flexibility index (Phi) is 5.26. The SMILES string of the molecule is CCCC(CNC(C)C)N1CCCC1(C)C. The van der Waals surface area contributed by atoms with E-state index < -0.39 is 0 Å². The second-order valence-corrected chi connectivity index (χ2v) is 6.11. The highest BCUT2D eigenvalue weighted by Gasteiger charge is 2.35. The fourth-order valence-electron chi connectivity index (χ4n) is 2.88. The molecular weight excluding hydrogens is 196 g/mol. The molecule has 1 fully saturated rings. The lowest BCUT2D eigenvalue weighted by Gasteiger charge is -2.39. The van der Waals surface area contributed by atoms with Gasteiger partial charge in [0.05, 0.1) is 0 Å². The first kappa shape index (κ1) is 14.0. The zero-order chi connectivity index (χ0) is 12.2. The van der Waals surface area contributed by atoms with Gasteiger partial charge in [0.25, 0.3) is 0 Å². The number of hydrogen-bond acceptors (Lipinski definition) is 2. The second kappa shape index (κ2) is 6.02. The molecule has 0 saturated carbocycles. The van der Waals surface area contributed by atoms with Crippen LogP contribution in [-0.4, -0.2) is 35.6 Å². The van der Waals surface area contributed by atoms with E-state index in [2.05, 4.69) is 44.8 Å². The fourth-order valence-corrected chi connectivity index (χ4v) is 2.88. The van der Waals surface area contributed by atoms with E-state index in [1.54, 1.807) is 0 Å². The maximum absolute atomic E-state index is 3.60. The van der Waals surface area contributed by atoms with Crippen LogP contribution in [-0.2, 0) is 0 Å². The lowest BCUT2D eigenvalue weighted by atomic mass is 9.99. The van der Waals surface area contributed by atoms with Gasteiger partial charge in [-0.3, -0.25) is 4.90 Å². The van der Waals surface area contributed by atoms with E-state index in [1.165, 1.54) is 32.2 Å². The van der Waals surface area contributed by atoms with E-state index in [0.29, 0.717) is 11.6 Å². The number of hydrogen-bond donors (Lipinski definition) is 1. The molecule has 1 aliphatic rings. The predicted octanol–water partition coefficient (Wildman–Crippen LogP) is 3.03. The molecule has 0 aliphatic carbocycles. The molecule has 0 aromatic heterocycles. The maximum atomic E-state index is 3.60. The van der Waals surface area contributed by atoms with E-state index in [-0.39, 0.29) is 0 Å².